The normalized spacial score (nSPS) is 11.0. The maximum absolute atomic E-state index is 14.4. The number of rotatable bonds is 8. The summed E-state index contributed by atoms with van der Waals surface area (Å²) in [5.74, 6) is -0.819. The molecule has 0 fully saturated rings. The lowest BCUT2D eigenvalue weighted by molar-refractivity contribution is 0.0656. The molecule has 6 nitrogen and oxygen atoms in total. The maximum atomic E-state index is 14.4. The number of hydrogen-bond donors (Lipinski definition) is 1. The highest BCUT2D eigenvalue weighted by atomic mass is 32.2. The topological polar surface area (TPSA) is 81.4 Å². The number of aliphatic hydroxyl groups excluding tert-OH is 1. The fraction of sp³-hybridized carbons (Fsp3) is 0.389. The molecule has 0 saturated carbocycles. The Bertz CT molecular complexity index is 867. The summed E-state index contributed by atoms with van der Waals surface area (Å²) in [6, 6.07) is 4.86. The molecule has 2 rings (SSSR count). The lowest BCUT2D eigenvalue weighted by Gasteiger charge is -2.13. The predicted octanol–water partition coefficient (Wildman–Crippen LogP) is 1.73. The van der Waals surface area contributed by atoms with Gasteiger partial charge in [0.05, 0.1) is 13.2 Å². The Balaban J connectivity index is 2.44. The summed E-state index contributed by atoms with van der Waals surface area (Å²) in [6.07, 6.45) is 1.93. The van der Waals surface area contributed by atoms with Gasteiger partial charge in [-0.1, -0.05) is 6.07 Å². The van der Waals surface area contributed by atoms with E-state index < -0.39 is 11.6 Å². The van der Waals surface area contributed by atoms with Gasteiger partial charge < -0.3 is 9.84 Å². The Hall–Kier alpha value is -2.03. The highest BCUT2D eigenvalue weighted by molar-refractivity contribution is 7.98. The minimum atomic E-state index is -0.423. The van der Waals surface area contributed by atoms with Crippen LogP contribution >= 0.6 is 11.8 Å². The minimum absolute atomic E-state index is 0.0244. The third kappa shape index (κ3) is 4.57. The van der Waals surface area contributed by atoms with E-state index >= 15 is 0 Å². The predicted molar refractivity (Wildman–Crippen MR) is 97.4 cm³/mol. The van der Waals surface area contributed by atoms with Crippen molar-refractivity contribution < 1.29 is 19.0 Å². The van der Waals surface area contributed by atoms with Crippen molar-refractivity contribution in [2.24, 2.45) is 7.05 Å². The number of benzene rings is 1. The number of aryl methyl sites for hydroxylation is 1. The summed E-state index contributed by atoms with van der Waals surface area (Å²) in [7, 11) is 1.46. The molecule has 0 radical (unpaired) electrons. The molecule has 1 heterocycles. The zero-order valence-corrected chi connectivity index (χ0v) is 15.7. The molecule has 1 aromatic carbocycles. The van der Waals surface area contributed by atoms with Crippen LogP contribution in [-0.4, -0.2) is 46.7 Å². The van der Waals surface area contributed by atoms with E-state index in [0.717, 1.165) is 9.58 Å². The molecule has 0 unspecified atom stereocenters. The lowest BCUT2D eigenvalue weighted by Crippen LogP contribution is -2.29. The van der Waals surface area contributed by atoms with Crippen LogP contribution in [0.2, 0.25) is 0 Å². The number of aliphatic hydroxyl groups is 1. The number of aromatic nitrogens is 2. The third-order valence-electron chi connectivity index (χ3n) is 3.96. The van der Waals surface area contributed by atoms with Crippen LogP contribution in [0.4, 0.5) is 4.39 Å². The van der Waals surface area contributed by atoms with Crippen molar-refractivity contribution in [3.8, 4) is 0 Å². The molecule has 8 heteroatoms. The number of carbonyl (C=O) groups excluding carboxylic acids is 1. The Morgan fingerprint density at radius 2 is 2.15 bits per heavy atom. The molecule has 0 aliphatic carbocycles. The maximum Gasteiger partial charge on any atom is 0.269 e. The number of carbonyl (C=O) groups is 1. The van der Waals surface area contributed by atoms with Crippen molar-refractivity contribution in [1.82, 2.24) is 9.78 Å². The molecule has 0 atom stereocenters. The SMILES string of the molecule is CSc1ccc(Cc2c(C(=O)COCCO)nn(C)c(=O)c2C)c(F)c1. The lowest BCUT2D eigenvalue weighted by atomic mass is 9.98. The highest BCUT2D eigenvalue weighted by Crippen LogP contribution is 2.22. The van der Waals surface area contributed by atoms with Gasteiger partial charge in [-0.15, -0.1) is 11.8 Å². The first-order valence-electron chi connectivity index (χ1n) is 8.00. The second-order valence-corrected chi connectivity index (χ2v) is 6.59. The summed E-state index contributed by atoms with van der Waals surface area (Å²) >= 11 is 1.43. The van der Waals surface area contributed by atoms with Crippen molar-refractivity contribution in [3.63, 3.8) is 0 Å². The second kappa shape index (κ2) is 9.07. The number of ether oxygens (including phenoxy) is 1. The summed E-state index contributed by atoms with van der Waals surface area (Å²) in [4.78, 5) is 25.5. The first kappa shape index (κ1) is 20.3. The first-order valence-corrected chi connectivity index (χ1v) is 9.22. The van der Waals surface area contributed by atoms with Crippen molar-refractivity contribution in [3.05, 3.63) is 56.8 Å². The Morgan fingerprint density at radius 1 is 1.42 bits per heavy atom. The molecular formula is C18H21FN2O4S. The smallest absolute Gasteiger partial charge is 0.269 e. The van der Waals surface area contributed by atoms with Crippen molar-refractivity contribution in [2.45, 2.75) is 18.2 Å². The summed E-state index contributed by atoms with van der Waals surface area (Å²) in [6.45, 7) is 1.15. The van der Waals surface area contributed by atoms with Gasteiger partial charge in [-0.2, -0.15) is 5.10 Å². The van der Waals surface area contributed by atoms with Crippen LogP contribution in [0.15, 0.2) is 27.9 Å². The number of hydrogen-bond acceptors (Lipinski definition) is 6. The summed E-state index contributed by atoms with van der Waals surface area (Å²) in [5.41, 5.74) is 0.860. The molecule has 0 saturated heterocycles. The number of halogens is 1. The van der Waals surface area contributed by atoms with Crippen LogP contribution in [0.5, 0.6) is 0 Å². The fourth-order valence-electron chi connectivity index (χ4n) is 2.53. The first-order chi connectivity index (χ1) is 12.4. The fourth-order valence-corrected chi connectivity index (χ4v) is 2.96. The van der Waals surface area contributed by atoms with Crippen molar-refractivity contribution >= 4 is 17.5 Å². The molecule has 1 aromatic heterocycles. The zero-order chi connectivity index (χ0) is 19.3. The van der Waals surface area contributed by atoms with E-state index in [4.69, 9.17) is 9.84 Å². The van der Waals surface area contributed by atoms with E-state index in [1.807, 2.05) is 6.26 Å². The summed E-state index contributed by atoms with van der Waals surface area (Å²) < 4.78 is 20.5. The van der Waals surface area contributed by atoms with Gasteiger partial charge in [-0.3, -0.25) is 9.59 Å². The standard InChI is InChI=1S/C18H21FN2O4S/c1-11-14(8-12-4-5-13(26-3)9-15(12)19)17(20-21(2)18(11)24)16(23)10-25-7-6-22/h4-5,9,22H,6-8,10H2,1-3H3. The van der Waals surface area contributed by atoms with Crippen molar-refractivity contribution in [1.29, 1.82) is 0 Å². The van der Waals surface area contributed by atoms with Gasteiger partial charge in [0, 0.05) is 23.9 Å². The molecular weight excluding hydrogens is 359 g/mol. The Labute approximate surface area is 155 Å². The molecule has 0 aliphatic rings. The van der Waals surface area contributed by atoms with Gasteiger partial charge in [-0.05, 0) is 36.4 Å². The largest absolute Gasteiger partial charge is 0.394 e. The molecule has 0 aliphatic heterocycles. The van der Waals surface area contributed by atoms with Crippen LogP contribution in [-0.2, 0) is 18.2 Å². The van der Waals surface area contributed by atoms with Gasteiger partial charge in [0.25, 0.3) is 5.56 Å². The number of thioether (sulfide) groups is 1. The number of ketones is 1. The highest BCUT2D eigenvalue weighted by Gasteiger charge is 2.20. The quantitative estimate of drug-likeness (QED) is 0.427. The molecule has 26 heavy (non-hydrogen) atoms. The van der Waals surface area contributed by atoms with Crippen LogP contribution in [0.3, 0.4) is 0 Å². The van der Waals surface area contributed by atoms with Crippen LogP contribution < -0.4 is 5.56 Å². The van der Waals surface area contributed by atoms with Gasteiger partial charge in [0.1, 0.15) is 18.1 Å². The average Bonchev–Trinajstić information content (AvgIpc) is 2.63. The Kier molecular flexibility index (Phi) is 7.07. The van der Waals surface area contributed by atoms with Crippen molar-refractivity contribution in [2.75, 3.05) is 26.1 Å². The summed E-state index contributed by atoms with van der Waals surface area (Å²) in [5, 5.41) is 12.8. The number of Topliss-reactive ketones (excluding diaryl/α,β-unsaturated/α-hetero) is 1. The van der Waals surface area contributed by atoms with Gasteiger partial charge >= 0.3 is 0 Å². The average molecular weight is 380 g/mol. The van der Waals surface area contributed by atoms with E-state index in [2.05, 4.69) is 5.10 Å². The van der Waals surface area contributed by atoms with Gasteiger partial charge in [0.15, 0.2) is 0 Å². The second-order valence-electron chi connectivity index (χ2n) is 5.71. The molecule has 0 bridgehead atoms. The van der Waals surface area contributed by atoms with E-state index in [1.54, 1.807) is 19.1 Å². The number of nitrogens with zero attached hydrogens (tertiary/aromatic N) is 2. The van der Waals surface area contributed by atoms with Crippen LogP contribution in [0.1, 0.15) is 27.2 Å². The van der Waals surface area contributed by atoms with E-state index in [1.165, 1.54) is 24.9 Å². The van der Waals surface area contributed by atoms with E-state index in [9.17, 15) is 14.0 Å². The van der Waals surface area contributed by atoms with Gasteiger partial charge in [0.2, 0.25) is 5.78 Å². The third-order valence-corrected chi connectivity index (χ3v) is 4.69. The van der Waals surface area contributed by atoms with E-state index in [-0.39, 0.29) is 37.5 Å². The molecule has 1 N–H and O–H groups in total. The van der Waals surface area contributed by atoms with Crippen LogP contribution in [0, 0.1) is 12.7 Å². The monoisotopic (exact) mass is 380 g/mol. The minimum Gasteiger partial charge on any atom is -0.394 e. The van der Waals surface area contributed by atoms with Crippen LogP contribution in [0.25, 0.3) is 0 Å². The molecule has 0 spiro atoms. The van der Waals surface area contributed by atoms with E-state index in [0.29, 0.717) is 16.7 Å². The molecule has 2 aromatic rings. The molecule has 0 amide bonds. The zero-order valence-electron chi connectivity index (χ0n) is 14.9. The Morgan fingerprint density at radius 3 is 2.77 bits per heavy atom. The molecule has 140 valence electrons. The van der Waals surface area contributed by atoms with Gasteiger partial charge in [-0.25, -0.2) is 9.07 Å².